The maximum atomic E-state index is 12.2. The molecule has 2 rings (SSSR count). The van der Waals surface area contributed by atoms with Crippen LogP contribution >= 0.6 is 11.3 Å². The van der Waals surface area contributed by atoms with Gasteiger partial charge in [0, 0.05) is 18.2 Å². The van der Waals surface area contributed by atoms with Crippen molar-refractivity contribution in [2.45, 2.75) is 20.4 Å². The molecule has 0 radical (unpaired) electrons. The number of thiazole rings is 1. The summed E-state index contributed by atoms with van der Waals surface area (Å²) in [6, 6.07) is 5.53. The van der Waals surface area contributed by atoms with E-state index < -0.39 is 0 Å². The summed E-state index contributed by atoms with van der Waals surface area (Å²) in [4.78, 5) is 23.7. The van der Waals surface area contributed by atoms with Crippen LogP contribution in [-0.2, 0) is 16.1 Å². The molecule has 0 atom stereocenters. The second-order valence-electron chi connectivity index (χ2n) is 5.12. The monoisotopic (exact) mass is 336 g/mol. The van der Waals surface area contributed by atoms with Gasteiger partial charge in [-0.25, -0.2) is 0 Å². The number of nitrogens with zero attached hydrogens (tertiary/aromatic N) is 1. The fourth-order valence-electron chi connectivity index (χ4n) is 2.02. The van der Waals surface area contributed by atoms with Gasteiger partial charge in [0.1, 0.15) is 18.9 Å². The summed E-state index contributed by atoms with van der Waals surface area (Å²) in [7, 11) is 1.60. The van der Waals surface area contributed by atoms with Crippen molar-refractivity contribution in [2.75, 3.05) is 25.6 Å². The standard InChI is InChI=1S/C16H20N2O4S/c1-11-4-5-13(14(8-11)22-7-6-21-3)17-15(19)9-18-12(2)10-23-16(18)20/h4-5,8,10H,6-7,9H2,1-3H3,(H,17,19). The van der Waals surface area contributed by atoms with Crippen LogP contribution in [0, 0.1) is 13.8 Å². The molecular weight excluding hydrogens is 316 g/mol. The summed E-state index contributed by atoms with van der Waals surface area (Å²) >= 11 is 1.09. The summed E-state index contributed by atoms with van der Waals surface area (Å²) in [6.45, 7) is 4.59. The minimum absolute atomic E-state index is 0.0143. The number of methoxy groups -OCH3 is 1. The molecule has 1 amide bonds. The Kier molecular flexibility index (Phi) is 5.95. The molecule has 0 spiro atoms. The predicted octanol–water partition coefficient (Wildman–Crippen LogP) is 2.19. The van der Waals surface area contributed by atoms with Crippen LogP contribution in [0.4, 0.5) is 5.69 Å². The van der Waals surface area contributed by atoms with Gasteiger partial charge in [0.15, 0.2) is 0 Å². The Morgan fingerprint density at radius 3 is 2.74 bits per heavy atom. The van der Waals surface area contributed by atoms with Gasteiger partial charge in [0.05, 0.1) is 12.3 Å². The van der Waals surface area contributed by atoms with Crippen LogP contribution < -0.4 is 14.9 Å². The Morgan fingerprint density at radius 2 is 2.09 bits per heavy atom. The third-order valence-corrected chi connectivity index (χ3v) is 4.12. The lowest BCUT2D eigenvalue weighted by Crippen LogP contribution is -2.25. The SMILES string of the molecule is COCCOc1cc(C)ccc1NC(=O)Cn1c(C)csc1=O. The van der Waals surface area contributed by atoms with E-state index in [9.17, 15) is 9.59 Å². The van der Waals surface area contributed by atoms with Crippen molar-refractivity contribution >= 4 is 22.9 Å². The predicted molar refractivity (Wildman–Crippen MR) is 90.5 cm³/mol. The van der Waals surface area contributed by atoms with E-state index >= 15 is 0 Å². The van der Waals surface area contributed by atoms with Crippen LogP contribution in [-0.4, -0.2) is 30.8 Å². The van der Waals surface area contributed by atoms with Gasteiger partial charge in [0.2, 0.25) is 5.91 Å². The van der Waals surface area contributed by atoms with Crippen LogP contribution in [0.3, 0.4) is 0 Å². The van der Waals surface area contributed by atoms with E-state index in [0.717, 1.165) is 22.6 Å². The molecule has 0 saturated carbocycles. The van der Waals surface area contributed by atoms with Crippen molar-refractivity contribution in [3.63, 3.8) is 0 Å². The highest BCUT2D eigenvalue weighted by Crippen LogP contribution is 2.25. The second kappa shape index (κ2) is 7.94. The third kappa shape index (κ3) is 4.67. The van der Waals surface area contributed by atoms with Gasteiger partial charge in [-0.3, -0.25) is 14.2 Å². The molecule has 1 aromatic carbocycles. The number of nitrogens with one attached hydrogen (secondary N) is 1. The van der Waals surface area contributed by atoms with Crippen molar-refractivity contribution in [3.05, 3.63) is 44.5 Å². The molecule has 1 heterocycles. The summed E-state index contributed by atoms with van der Waals surface area (Å²) in [6.07, 6.45) is 0. The number of benzene rings is 1. The van der Waals surface area contributed by atoms with Gasteiger partial charge in [-0.2, -0.15) is 0 Å². The van der Waals surface area contributed by atoms with Gasteiger partial charge in [-0.1, -0.05) is 17.4 Å². The topological polar surface area (TPSA) is 69.6 Å². The molecule has 7 heteroatoms. The van der Waals surface area contributed by atoms with Crippen molar-refractivity contribution in [1.82, 2.24) is 4.57 Å². The first kappa shape index (κ1) is 17.2. The van der Waals surface area contributed by atoms with E-state index in [2.05, 4.69) is 5.32 Å². The van der Waals surface area contributed by atoms with Crippen LogP contribution in [0.15, 0.2) is 28.4 Å². The maximum absolute atomic E-state index is 12.2. The fraction of sp³-hybridized carbons (Fsp3) is 0.375. The zero-order valence-electron chi connectivity index (χ0n) is 13.4. The zero-order valence-corrected chi connectivity index (χ0v) is 14.2. The number of anilines is 1. The van der Waals surface area contributed by atoms with E-state index in [1.165, 1.54) is 4.57 Å². The minimum atomic E-state index is -0.269. The molecule has 1 aromatic heterocycles. The van der Waals surface area contributed by atoms with Crippen LogP contribution in [0.1, 0.15) is 11.3 Å². The van der Waals surface area contributed by atoms with Crippen molar-refractivity contribution < 1.29 is 14.3 Å². The van der Waals surface area contributed by atoms with Gasteiger partial charge in [0.25, 0.3) is 0 Å². The number of hydrogen-bond donors (Lipinski definition) is 1. The molecule has 0 unspecified atom stereocenters. The van der Waals surface area contributed by atoms with Gasteiger partial charge in [-0.05, 0) is 31.5 Å². The molecule has 124 valence electrons. The average molecular weight is 336 g/mol. The Hall–Kier alpha value is -2.12. The lowest BCUT2D eigenvalue weighted by Gasteiger charge is -2.13. The summed E-state index contributed by atoms with van der Waals surface area (Å²) in [5, 5.41) is 4.53. The van der Waals surface area contributed by atoms with E-state index in [1.54, 1.807) is 25.5 Å². The summed E-state index contributed by atoms with van der Waals surface area (Å²) in [5.41, 5.74) is 2.38. The minimum Gasteiger partial charge on any atom is -0.489 e. The number of rotatable bonds is 7. The molecular formula is C16H20N2O4S. The van der Waals surface area contributed by atoms with Gasteiger partial charge in [-0.15, -0.1) is 0 Å². The summed E-state index contributed by atoms with van der Waals surface area (Å²) < 4.78 is 12.0. The molecule has 0 aliphatic heterocycles. The van der Waals surface area contributed by atoms with Gasteiger partial charge < -0.3 is 14.8 Å². The van der Waals surface area contributed by atoms with Crippen LogP contribution in [0.5, 0.6) is 5.75 Å². The largest absolute Gasteiger partial charge is 0.489 e. The molecule has 2 aromatic rings. The number of aromatic nitrogens is 1. The molecule has 0 aliphatic carbocycles. The smallest absolute Gasteiger partial charge is 0.307 e. The first-order valence-corrected chi connectivity index (χ1v) is 8.06. The Balaban J connectivity index is 2.09. The van der Waals surface area contributed by atoms with Crippen LogP contribution in [0.25, 0.3) is 0 Å². The highest BCUT2D eigenvalue weighted by molar-refractivity contribution is 7.07. The molecule has 0 saturated heterocycles. The molecule has 6 nitrogen and oxygen atoms in total. The maximum Gasteiger partial charge on any atom is 0.307 e. The Morgan fingerprint density at radius 1 is 1.30 bits per heavy atom. The molecule has 0 fully saturated rings. The number of amides is 1. The molecule has 0 aliphatic rings. The lowest BCUT2D eigenvalue weighted by molar-refractivity contribution is -0.116. The highest BCUT2D eigenvalue weighted by Gasteiger charge is 2.11. The first-order valence-electron chi connectivity index (χ1n) is 7.18. The Labute approximate surface area is 138 Å². The van der Waals surface area contributed by atoms with Crippen molar-refractivity contribution in [1.29, 1.82) is 0 Å². The van der Waals surface area contributed by atoms with E-state index in [-0.39, 0.29) is 17.3 Å². The number of carbonyl (C=O) groups is 1. The number of ether oxygens (including phenoxy) is 2. The van der Waals surface area contributed by atoms with E-state index in [4.69, 9.17) is 9.47 Å². The first-order chi connectivity index (χ1) is 11.0. The average Bonchev–Trinajstić information content (AvgIpc) is 2.82. The van der Waals surface area contributed by atoms with Gasteiger partial charge >= 0.3 is 4.87 Å². The fourth-order valence-corrected chi connectivity index (χ4v) is 2.75. The van der Waals surface area contributed by atoms with Crippen LogP contribution in [0.2, 0.25) is 0 Å². The van der Waals surface area contributed by atoms with Crippen molar-refractivity contribution in [2.24, 2.45) is 0 Å². The summed E-state index contributed by atoms with van der Waals surface area (Å²) in [5.74, 6) is 0.318. The molecule has 23 heavy (non-hydrogen) atoms. The van der Waals surface area contributed by atoms with E-state index in [1.807, 2.05) is 19.1 Å². The second-order valence-corrected chi connectivity index (χ2v) is 5.94. The number of carbonyl (C=O) groups excluding carboxylic acids is 1. The number of hydrogen-bond acceptors (Lipinski definition) is 5. The highest BCUT2D eigenvalue weighted by atomic mass is 32.1. The van der Waals surface area contributed by atoms with Crippen molar-refractivity contribution in [3.8, 4) is 5.75 Å². The molecule has 1 N–H and O–H groups in total. The zero-order chi connectivity index (χ0) is 16.8. The molecule has 0 bridgehead atoms. The third-order valence-electron chi connectivity index (χ3n) is 3.23. The Bertz CT molecular complexity index is 736. The number of aryl methyl sites for hydroxylation is 2. The van der Waals surface area contributed by atoms with E-state index in [0.29, 0.717) is 24.7 Å². The quantitative estimate of drug-likeness (QED) is 0.787. The normalized spacial score (nSPS) is 10.6. The lowest BCUT2D eigenvalue weighted by atomic mass is 10.2.